The molecular formula is C64H86Br2N4. The van der Waals surface area contributed by atoms with Crippen molar-refractivity contribution in [1.29, 1.82) is 0 Å². The van der Waals surface area contributed by atoms with Gasteiger partial charge in [-0.15, -0.1) is 0 Å². The van der Waals surface area contributed by atoms with Gasteiger partial charge in [-0.3, -0.25) is 0 Å². The molecule has 4 nitrogen and oxygen atoms in total. The highest BCUT2D eigenvalue weighted by Gasteiger charge is 2.44. The second-order valence-electron chi connectivity index (χ2n) is 21.9. The van der Waals surface area contributed by atoms with Crippen molar-refractivity contribution in [3.8, 4) is 22.3 Å². The van der Waals surface area contributed by atoms with Gasteiger partial charge < -0.3 is 34.0 Å². The molecule has 6 aromatic rings. The van der Waals surface area contributed by atoms with Gasteiger partial charge in [-0.1, -0.05) is 229 Å². The third kappa shape index (κ3) is 12.0. The molecule has 0 N–H and O–H groups in total. The summed E-state index contributed by atoms with van der Waals surface area (Å²) < 4.78 is 9.73. The molecule has 3 heterocycles. The van der Waals surface area contributed by atoms with Crippen LogP contribution in [0.2, 0.25) is 0 Å². The lowest BCUT2D eigenvalue weighted by Crippen LogP contribution is -3.00. The van der Waals surface area contributed by atoms with Gasteiger partial charge in [0.2, 0.25) is 12.7 Å². The number of imidazole rings is 2. The molecule has 6 heteroatoms. The van der Waals surface area contributed by atoms with E-state index < -0.39 is 0 Å². The lowest BCUT2D eigenvalue weighted by atomic mass is 9.70. The molecule has 2 aliphatic carbocycles. The van der Waals surface area contributed by atoms with Crippen LogP contribution < -0.4 is 43.1 Å². The SMILES string of the molecule is CCCCCCCC1(CCCCCCC)c2cc3ccc2-c2ccc(cc21)Cn1cc[n+](c1)Cc1ccc2c(c1)C(CCCCCCC)(CCCCCCC)c1cc(ccc1-2)C[n+]1ccn(c1)C3.[Br-].[Br-]. The maximum atomic E-state index is 2.65. The number of hydrogen-bond acceptors (Lipinski definition) is 0. The Morgan fingerprint density at radius 1 is 0.371 bits per heavy atom. The minimum atomic E-state index is 0. The third-order valence-electron chi connectivity index (χ3n) is 16.8. The Hall–Kier alpha value is -3.74. The van der Waals surface area contributed by atoms with Crippen LogP contribution in [0, 0.1) is 0 Å². The van der Waals surface area contributed by atoms with Crippen LogP contribution in [0.25, 0.3) is 22.3 Å². The second-order valence-corrected chi connectivity index (χ2v) is 21.9. The van der Waals surface area contributed by atoms with Crippen LogP contribution in [0.3, 0.4) is 0 Å². The van der Waals surface area contributed by atoms with Crippen LogP contribution >= 0.6 is 0 Å². The van der Waals surface area contributed by atoms with Crippen LogP contribution in [-0.2, 0) is 37.0 Å². The minimum Gasteiger partial charge on any atom is -1.00 e. The zero-order chi connectivity index (χ0) is 46.8. The molecule has 0 spiro atoms. The Balaban J connectivity index is 0.00000361. The predicted octanol–water partition coefficient (Wildman–Crippen LogP) is 10.4. The van der Waals surface area contributed by atoms with Crippen molar-refractivity contribution < 1.29 is 43.1 Å². The second kappa shape index (κ2) is 25.8. The molecule has 0 saturated carbocycles. The van der Waals surface area contributed by atoms with E-state index in [-0.39, 0.29) is 44.8 Å². The number of rotatable bonds is 24. The van der Waals surface area contributed by atoms with Crippen LogP contribution in [0.5, 0.6) is 0 Å². The van der Waals surface area contributed by atoms with Gasteiger partial charge in [0.05, 0.1) is 0 Å². The first-order valence-electron chi connectivity index (χ1n) is 28.1. The molecule has 0 atom stereocenters. The van der Waals surface area contributed by atoms with Crippen molar-refractivity contribution in [2.45, 2.75) is 219 Å². The monoisotopic (exact) mass is 1070 g/mol. The van der Waals surface area contributed by atoms with E-state index in [4.69, 9.17) is 0 Å². The van der Waals surface area contributed by atoms with E-state index in [1.165, 1.54) is 199 Å². The maximum absolute atomic E-state index is 2.65. The molecule has 2 aromatic heterocycles. The zero-order valence-corrected chi connectivity index (χ0v) is 46.9. The molecule has 0 saturated heterocycles. The third-order valence-corrected chi connectivity index (χ3v) is 16.8. The molecule has 1 aliphatic heterocycles. The van der Waals surface area contributed by atoms with E-state index in [1.54, 1.807) is 22.3 Å². The molecule has 4 aromatic carbocycles. The van der Waals surface area contributed by atoms with Crippen molar-refractivity contribution in [1.82, 2.24) is 9.13 Å². The molecule has 0 unspecified atom stereocenters. The summed E-state index contributed by atoms with van der Waals surface area (Å²) in [6.45, 7) is 12.9. The van der Waals surface area contributed by atoms with Crippen LogP contribution in [0.15, 0.2) is 110 Å². The average Bonchev–Trinajstić information content (AvgIpc) is 4.11. The first kappa shape index (κ1) is 54.0. The lowest BCUT2D eigenvalue weighted by Gasteiger charge is -2.33. The number of hydrogen-bond donors (Lipinski definition) is 0. The van der Waals surface area contributed by atoms with Gasteiger partial charge >= 0.3 is 0 Å². The van der Waals surface area contributed by atoms with E-state index in [0.717, 1.165) is 26.2 Å². The number of fused-ring (bicyclic) bond motifs is 10. The fourth-order valence-corrected chi connectivity index (χ4v) is 13.1. The molecule has 0 amide bonds. The molecule has 3 aliphatic rings. The average molecular weight is 1070 g/mol. The van der Waals surface area contributed by atoms with Crippen molar-refractivity contribution in [3.05, 3.63) is 155 Å². The smallest absolute Gasteiger partial charge is 0.244 e. The molecule has 12 bridgehead atoms. The fraction of sp³-hybridized carbons (Fsp3) is 0.531. The Morgan fingerprint density at radius 2 is 0.657 bits per heavy atom. The van der Waals surface area contributed by atoms with Gasteiger partial charge in [-0.25, -0.2) is 18.3 Å². The van der Waals surface area contributed by atoms with Crippen LogP contribution in [-0.4, -0.2) is 9.13 Å². The standard InChI is InChI=1S/C64H86N4.2BrH/c1-5-9-13-17-21-33-63(34-22-18-14-10-6-2)59-41-51-25-29-55(59)56-30-26-52(42-60(56)63)46-66-38-40-68(50-66)48-54-28-32-58-57-31-27-53(47-67-39-37-65(45-51)49-67)43-61(57)64(62(58)44-54,35-23-19-15-11-7-3)36-24-20-16-12-8-4;;/h25-32,37-44,49-50H,5-24,33-36,45-48H2,1-4H3;2*1H/q+2;;/p-2. The molecular weight excluding hydrogens is 985 g/mol. The summed E-state index contributed by atoms with van der Waals surface area (Å²) in [4.78, 5) is 0. The summed E-state index contributed by atoms with van der Waals surface area (Å²) in [6, 6.07) is 30.3. The normalized spacial score (nSPS) is 14.6. The van der Waals surface area contributed by atoms with Crippen molar-refractivity contribution >= 4 is 0 Å². The van der Waals surface area contributed by atoms with Gasteiger partial charge in [0.1, 0.15) is 51.0 Å². The summed E-state index contributed by atoms with van der Waals surface area (Å²) in [5.41, 5.74) is 18.1. The first-order valence-corrected chi connectivity index (χ1v) is 28.1. The molecule has 376 valence electrons. The van der Waals surface area contributed by atoms with E-state index in [9.17, 15) is 0 Å². The van der Waals surface area contributed by atoms with E-state index in [0.29, 0.717) is 0 Å². The summed E-state index contributed by atoms with van der Waals surface area (Å²) in [6.07, 6.45) is 45.4. The predicted molar refractivity (Wildman–Crippen MR) is 284 cm³/mol. The van der Waals surface area contributed by atoms with Gasteiger partial charge in [-0.05, 0) is 92.4 Å². The summed E-state index contributed by atoms with van der Waals surface area (Å²) in [5.74, 6) is 0. The lowest BCUT2D eigenvalue weighted by molar-refractivity contribution is -0.688. The zero-order valence-electron chi connectivity index (χ0n) is 43.7. The van der Waals surface area contributed by atoms with E-state index >= 15 is 0 Å². The van der Waals surface area contributed by atoms with Crippen molar-refractivity contribution in [2.75, 3.05) is 0 Å². The number of halogens is 2. The fourth-order valence-electron chi connectivity index (χ4n) is 13.1. The Bertz CT molecular complexity index is 2230. The maximum Gasteiger partial charge on any atom is 0.244 e. The largest absolute Gasteiger partial charge is 1.00 e. The van der Waals surface area contributed by atoms with Crippen molar-refractivity contribution in [3.63, 3.8) is 0 Å². The van der Waals surface area contributed by atoms with Gasteiger partial charge in [0, 0.05) is 10.8 Å². The molecule has 0 fully saturated rings. The number of nitrogens with zero attached hydrogens (tertiary/aromatic N) is 4. The van der Waals surface area contributed by atoms with Crippen molar-refractivity contribution in [2.24, 2.45) is 0 Å². The molecule has 70 heavy (non-hydrogen) atoms. The number of aromatic nitrogens is 4. The highest BCUT2D eigenvalue weighted by atomic mass is 79.9. The highest BCUT2D eigenvalue weighted by molar-refractivity contribution is 5.83. The Kier molecular flexibility index (Phi) is 19.9. The molecule has 0 radical (unpaired) electrons. The quantitative estimate of drug-likeness (QED) is 0.0424. The molecule has 9 rings (SSSR count). The summed E-state index contributed by atoms with van der Waals surface area (Å²) >= 11 is 0. The minimum absolute atomic E-state index is 0. The van der Waals surface area contributed by atoms with E-state index in [2.05, 4.69) is 156 Å². The van der Waals surface area contributed by atoms with Gasteiger partial charge in [0.25, 0.3) is 0 Å². The number of benzene rings is 4. The number of unbranched alkanes of at least 4 members (excludes halogenated alkanes) is 16. The Morgan fingerprint density at radius 3 is 0.971 bits per heavy atom. The van der Waals surface area contributed by atoms with Gasteiger partial charge in [0.15, 0.2) is 0 Å². The Labute approximate surface area is 445 Å². The van der Waals surface area contributed by atoms with Gasteiger partial charge in [-0.2, -0.15) is 0 Å². The van der Waals surface area contributed by atoms with Crippen LogP contribution in [0.1, 0.15) is 226 Å². The topological polar surface area (TPSA) is 17.6 Å². The van der Waals surface area contributed by atoms with Crippen LogP contribution in [0.4, 0.5) is 0 Å². The first-order chi connectivity index (χ1) is 33.5. The highest BCUT2D eigenvalue weighted by Crippen LogP contribution is 2.56. The summed E-state index contributed by atoms with van der Waals surface area (Å²) in [7, 11) is 0. The van der Waals surface area contributed by atoms with E-state index in [1.807, 2.05) is 0 Å². The summed E-state index contributed by atoms with van der Waals surface area (Å²) in [5, 5.41) is 0.